The fourth-order valence-corrected chi connectivity index (χ4v) is 1.83. The third-order valence-corrected chi connectivity index (χ3v) is 2.93. The number of nitrogens with one attached hydrogen (secondary N) is 1. The van der Waals surface area contributed by atoms with E-state index < -0.39 is 0 Å². The van der Waals surface area contributed by atoms with E-state index in [1.807, 2.05) is 0 Å². The second kappa shape index (κ2) is 10.4. The molecule has 0 aliphatic heterocycles. The van der Waals surface area contributed by atoms with Crippen molar-refractivity contribution in [2.45, 2.75) is 59.4 Å². The molecule has 0 fully saturated rings. The fourth-order valence-electron chi connectivity index (χ4n) is 1.83. The molecule has 0 heterocycles. The maximum absolute atomic E-state index is 5.54. The average molecular weight is 215 g/mol. The van der Waals surface area contributed by atoms with Gasteiger partial charge in [0.2, 0.25) is 0 Å². The first-order chi connectivity index (χ1) is 7.26. The van der Waals surface area contributed by atoms with E-state index in [1.54, 1.807) is 0 Å². The van der Waals surface area contributed by atoms with Crippen LogP contribution < -0.4 is 5.32 Å². The SMILES string of the molecule is CCCNC(C)C(CC)CCOCCC. The van der Waals surface area contributed by atoms with E-state index in [0.29, 0.717) is 6.04 Å². The van der Waals surface area contributed by atoms with E-state index in [0.717, 1.165) is 32.1 Å². The molecule has 0 aromatic heterocycles. The molecule has 2 nitrogen and oxygen atoms in total. The van der Waals surface area contributed by atoms with Crippen molar-refractivity contribution in [1.82, 2.24) is 5.32 Å². The molecule has 0 spiro atoms. The van der Waals surface area contributed by atoms with Crippen LogP contribution in [0.25, 0.3) is 0 Å². The summed E-state index contributed by atoms with van der Waals surface area (Å²) in [6, 6.07) is 0.625. The first-order valence-electron chi connectivity index (χ1n) is 6.57. The Labute approximate surface area is 95.8 Å². The van der Waals surface area contributed by atoms with Gasteiger partial charge < -0.3 is 10.1 Å². The molecule has 0 aromatic carbocycles. The van der Waals surface area contributed by atoms with Gasteiger partial charge in [-0.1, -0.05) is 27.2 Å². The largest absolute Gasteiger partial charge is 0.381 e. The van der Waals surface area contributed by atoms with Gasteiger partial charge in [-0.2, -0.15) is 0 Å². The molecule has 0 radical (unpaired) electrons. The summed E-state index contributed by atoms with van der Waals surface area (Å²) < 4.78 is 5.54. The Bertz CT molecular complexity index is 128. The molecule has 0 saturated heterocycles. The quantitative estimate of drug-likeness (QED) is 0.565. The van der Waals surface area contributed by atoms with Crippen LogP contribution in [0.15, 0.2) is 0 Å². The summed E-state index contributed by atoms with van der Waals surface area (Å²) in [7, 11) is 0. The standard InChI is InChI=1S/C13H29NO/c1-5-9-14-12(4)13(7-3)8-11-15-10-6-2/h12-14H,5-11H2,1-4H3. The van der Waals surface area contributed by atoms with Gasteiger partial charge in [0.05, 0.1) is 0 Å². The Hall–Kier alpha value is -0.0800. The summed E-state index contributed by atoms with van der Waals surface area (Å²) in [6.07, 6.45) is 4.77. The zero-order valence-electron chi connectivity index (χ0n) is 11.0. The molecule has 2 unspecified atom stereocenters. The lowest BCUT2D eigenvalue weighted by molar-refractivity contribution is 0.114. The maximum atomic E-state index is 5.54. The topological polar surface area (TPSA) is 21.3 Å². The molecule has 0 amide bonds. The second-order valence-corrected chi connectivity index (χ2v) is 4.31. The van der Waals surface area contributed by atoms with Crippen LogP contribution in [0.1, 0.15) is 53.4 Å². The van der Waals surface area contributed by atoms with Gasteiger partial charge in [0.25, 0.3) is 0 Å². The Morgan fingerprint density at radius 2 is 1.80 bits per heavy atom. The highest BCUT2D eigenvalue weighted by Crippen LogP contribution is 2.13. The van der Waals surface area contributed by atoms with Crippen molar-refractivity contribution in [3.63, 3.8) is 0 Å². The summed E-state index contributed by atoms with van der Waals surface area (Å²) in [4.78, 5) is 0. The highest BCUT2D eigenvalue weighted by molar-refractivity contribution is 4.70. The zero-order valence-corrected chi connectivity index (χ0v) is 11.0. The number of hydrogen-bond donors (Lipinski definition) is 1. The minimum Gasteiger partial charge on any atom is -0.381 e. The molecule has 92 valence electrons. The normalized spacial score (nSPS) is 15.2. The van der Waals surface area contributed by atoms with Gasteiger partial charge in [0, 0.05) is 19.3 Å². The second-order valence-electron chi connectivity index (χ2n) is 4.31. The summed E-state index contributed by atoms with van der Waals surface area (Å²) in [5, 5.41) is 3.57. The predicted molar refractivity (Wildman–Crippen MR) is 67.3 cm³/mol. The Balaban J connectivity index is 3.60. The van der Waals surface area contributed by atoms with Gasteiger partial charge in [-0.3, -0.25) is 0 Å². The van der Waals surface area contributed by atoms with Crippen LogP contribution >= 0.6 is 0 Å². The van der Waals surface area contributed by atoms with E-state index in [1.165, 1.54) is 19.3 Å². The van der Waals surface area contributed by atoms with Crippen molar-refractivity contribution < 1.29 is 4.74 Å². The lowest BCUT2D eigenvalue weighted by Gasteiger charge is -2.23. The van der Waals surface area contributed by atoms with Crippen LogP contribution in [0.5, 0.6) is 0 Å². The molecule has 1 N–H and O–H groups in total. The molecule has 15 heavy (non-hydrogen) atoms. The highest BCUT2D eigenvalue weighted by atomic mass is 16.5. The third-order valence-electron chi connectivity index (χ3n) is 2.93. The minimum absolute atomic E-state index is 0.625. The van der Waals surface area contributed by atoms with Crippen LogP contribution in [0, 0.1) is 5.92 Å². The molecule has 0 rings (SSSR count). The molecule has 2 atom stereocenters. The van der Waals surface area contributed by atoms with Crippen molar-refractivity contribution >= 4 is 0 Å². The van der Waals surface area contributed by atoms with Crippen molar-refractivity contribution in [3.05, 3.63) is 0 Å². The van der Waals surface area contributed by atoms with Crippen LogP contribution in [0.4, 0.5) is 0 Å². The first kappa shape index (κ1) is 14.9. The predicted octanol–water partition coefficient (Wildman–Crippen LogP) is 3.22. The third kappa shape index (κ3) is 7.80. The molecule has 0 aliphatic rings. The van der Waals surface area contributed by atoms with E-state index in [4.69, 9.17) is 4.74 Å². The van der Waals surface area contributed by atoms with Gasteiger partial charge in [-0.15, -0.1) is 0 Å². The smallest absolute Gasteiger partial charge is 0.0469 e. The van der Waals surface area contributed by atoms with E-state index in [9.17, 15) is 0 Å². The minimum atomic E-state index is 0.625. The van der Waals surface area contributed by atoms with Crippen molar-refractivity contribution in [2.24, 2.45) is 5.92 Å². The monoisotopic (exact) mass is 215 g/mol. The van der Waals surface area contributed by atoms with Crippen LogP contribution in [-0.2, 0) is 4.74 Å². The van der Waals surface area contributed by atoms with Gasteiger partial charge in [0.15, 0.2) is 0 Å². The van der Waals surface area contributed by atoms with Crippen LogP contribution in [-0.4, -0.2) is 25.8 Å². The van der Waals surface area contributed by atoms with Crippen molar-refractivity contribution in [1.29, 1.82) is 0 Å². The molecule has 0 bridgehead atoms. The first-order valence-corrected chi connectivity index (χ1v) is 6.57. The van der Waals surface area contributed by atoms with Crippen molar-refractivity contribution in [3.8, 4) is 0 Å². The molecule has 2 heteroatoms. The van der Waals surface area contributed by atoms with Crippen molar-refractivity contribution in [2.75, 3.05) is 19.8 Å². The van der Waals surface area contributed by atoms with Gasteiger partial charge in [-0.25, -0.2) is 0 Å². The Morgan fingerprint density at radius 1 is 1.07 bits per heavy atom. The summed E-state index contributed by atoms with van der Waals surface area (Å²) in [6.45, 7) is 11.9. The van der Waals surface area contributed by atoms with E-state index >= 15 is 0 Å². The summed E-state index contributed by atoms with van der Waals surface area (Å²) >= 11 is 0. The van der Waals surface area contributed by atoms with E-state index in [2.05, 4.69) is 33.0 Å². The van der Waals surface area contributed by atoms with E-state index in [-0.39, 0.29) is 0 Å². The molecular formula is C13H29NO. The number of ether oxygens (including phenoxy) is 1. The number of rotatable bonds is 10. The van der Waals surface area contributed by atoms with Gasteiger partial charge in [0.1, 0.15) is 0 Å². The lowest BCUT2D eigenvalue weighted by Crippen LogP contribution is -2.34. The highest BCUT2D eigenvalue weighted by Gasteiger charge is 2.13. The molecule has 0 aliphatic carbocycles. The zero-order chi connectivity index (χ0) is 11.5. The van der Waals surface area contributed by atoms with Crippen LogP contribution in [0.2, 0.25) is 0 Å². The Kier molecular flexibility index (Phi) is 10.4. The van der Waals surface area contributed by atoms with Crippen LogP contribution in [0.3, 0.4) is 0 Å². The maximum Gasteiger partial charge on any atom is 0.0469 e. The summed E-state index contributed by atoms with van der Waals surface area (Å²) in [5.41, 5.74) is 0. The molecular weight excluding hydrogens is 186 g/mol. The fraction of sp³-hybridized carbons (Fsp3) is 1.00. The summed E-state index contributed by atoms with van der Waals surface area (Å²) in [5.74, 6) is 0.758. The molecule has 0 saturated carbocycles. The number of hydrogen-bond acceptors (Lipinski definition) is 2. The Morgan fingerprint density at radius 3 is 2.33 bits per heavy atom. The lowest BCUT2D eigenvalue weighted by atomic mass is 9.95. The van der Waals surface area contributed by atoms with Gasteiger partial charge in [-0.05, 0) is 38.6 Å². The molecule has 0 aromatic rings. The average Bonchev–Trinajstić information content (AvgIpc) is 2.26. The van der Waals surface area contributed by atoms with Gasteiger partial charge >= 0.3 is 0 Å².